The van der Waals surface area contributed by atoms with Gasteiger partial charge in [0.05, 0.1) is 15.9 Å². The number of rotatable bonds is 3. The molecule has 0 atom stereocenters. The van der Waals surface area contributed by atoms with E-state index in [2.05, 4.69) is 10.4 Å². The predicted octanol–water partition coefficient (Wildman–Crippen LogP) is 3.93. The van der Waals surface area contributed by atoms with Gasteiger partial charge in [-0.3, -0.25) is 9.48 Å². The molecule has 5 heteroatoms. The maximum Gasteiger partial charge on any atom is 0.272 e. The number of carbonyl (C=O) groups is 1. The van der Waals surface area contributed by atoms with Crippen LogP contribution in [0.1, 0.15) is 49.0 Å². The molecule has 1 N–H and O–H groups in total. The van der Waals surface area contributed by atoms with Crippen molar-refractivity contribution in [3.8, 4) is 0 Å². The lowest BCUT2D eigenvalue weighted by atomic mass is 9.61. The second-order valence-corrected chi connectivity index (χ2v) is 7.68. The summed E-state index contributed by atoms with van der Waals surface area (Å²) in [5.74, 6) is 0.830. The van der Waals surface area contributed by atoms with Gasteiger partial charge in [0.15, 0.2) is 5.69 Å². The smallest absolute Gasteiger partial charge is 0.272 e. The normalized spacial score (nSPS) is 26.6. The first-order valence-electron chi connectivity index (χ1n) is 8.47. The predicted molar refractivity (Wildman–Crippen MR) is 91.7 cm³/mol. The third kappa shape index (κ3) is 2.53. The molecule has 122 valence electrons. The molecule has 5 rings (SSSR count). The molecule has 3 saturated carbocycles. The van der Waals surface area contributed by atoms with E-state index in [1.165, 1.54) is 38.5 Å². The molecular formula is C18H22ClN3O. The lowest BCUT2D eigenvalue weighted by molar-refractivity contribution is 0.0596. The van der Waals surface area contributed by atoms with Gasteiger partial charge < -0.3 is 5.32 Å². The summed E-state index contributed by atoms with van der Waals surface area (Å²) in [4.78, 5) is 12.7. The molecule has 2 bridgehead atoms. The molecule has 3 aliphatic carbocycles. The van der Waals surface area contributed by atoms with Crippen LogP contribution in [-0.2, 0) is 7.05 Å². The SMILES string of the molecule is Cn1nc(C(=O)NCC23CCC(CC2)CC3)c2c(Cl)cccc21. The van der Waals surface area contributed by atoms with Gasteiger partial charge in [-0.05, 0) is 62.0 Å². The van der Waals surface area contributed by atoms with Crippen molar-refractivity contribution in [1.82, 2.24) is 15.1 Å². The van der Waals surface area contributed by atoms with Crippen molar-refractivity contribution in [1.29, 1.82) is 0 Å². The van der Waals surface area contributed by atoms with Crippen molar-refractivity contribution in [2.24, 2.45) is 18.4 Å². The summed E-state index contributed by atoms with van der Waals surface area (Å²) < 4.78 is 1.72. The van der Waals surface area contributed by atoms with Crippen LogP contribution in [0.25, 0.3) is 10.9 Å². The zero-order valence-corrected chi connectivity index (χ0v) is 14.2. The first kappa shape index (κ1) is 15.0. The van der Waals surface area contributed by atoms with E-state index in [1.807, 2.05) is 25.2 Å². The number of aromatic nitrogens is 2. The summed E-state index contributed by atoms with van der Waals surface area (Å²) >= 11 is 6.30. The van der Waals surface area contributed by atoms with Gasteiger partial charge in [-0.15, -0.1) is 0 Å². The molecule has 0 saturated heterocycles. The van der Waals surface area contributed by atoms with Gasteiger partial charge in [0.2, 0.25) is 0 Å². The standard InChI is InChI=1S/C18H22ClN3O/c1-22-14-4-2-3-13(19)15(14)16(21-22)17(23)20-11-18-8-5-12(6-9-18)7-10-18/h2-4,12H,5-11H2,1H3,(H,20,23). The second kappa shape index (κ2) is 5.52. The minimum atomic E-state index is -0.106. The number of carbonyl (C=O) groups excluding carboxylic acids is 1. The maximum atomic E-state index is 12.7. The first-order chi connectivity index (χ1) is 11.1. The molecule has 0 spiro atoms. The number of nitrogens with zero attached hydrogens (tertiary/aromatic N) is 2. The van der Waals surface area contributed by atoms with Crippen LogP contribution >= 0.6 is 11.6 Å². The molecule has 4 nitrogen and oxygen atoms in total. The molecule has 3 fully saturated rings. The van der Waals surface area contributed by atoms with Crippen LogP contribution in [0, 0.1) is 11.3 Å². The molecule has 1 aromatic heterocycles. The van der Waals surface area contributed by atoms with Crippen LogP contribution in [0.3, 0.4) is 0 Å². The minimum Gasteiger partial charge on any atom is -0.350 e. The van der Waals surface area contributed by atoms with E-state index in [-0.39, 0.29) is 5.91 Å². The Kier molecular flexibility index (Phi) is 3.60. The van der Waals surface area contributed by atoms with Crippen molar-refractivity contribution < 1.29 is 4.79 Å². The monoisotopic (exact) mass is 331 g/mol. The summed E-state index contributed by atoms with van der Waals surface area (Å²) in [6.45, 7) is 0.765. The van der Waals surface area contributed by atoms with E-state index in [0.29, 0.717) is 16.1 Å². The highest BCUT2D eigenvalue weighted by Crippen LogP contribution is 2.49. The van der Waals surface area contributed by atoms with Crippen LogP contribution in [0.15, 0.2) is 18.2 Å². The third-order valence-electron chi connectivity index (χ3n) is 5.91. The number of benzene rings is 1. The summed E-state index contributed by atoms with van der Waals surface area (Å²) in [6, 6.07) is 5.63. The molecule has 0 aliphatic heterocycles. The number of hydrogen-bond donors (Lipinski definition) is 1. The van der Waals surface area contributed by atoms with E-state index in [1.54, 1.807) is 4.68 Å². The van der Waals surface area contributed by atoms with Gasteiger partial charge in [0, 0.05) is 13.6 Å². The van der Waals surface area contributed by atoms with Crippen LogP contribution < -0.4 is 5.32 Å². The van der Waals surface area contributed by atoms with E-state index >= 15 is 0 Å². The largest absolute Gasteiger partial charge is 0.350 e. The fourth-order valence-electron chi connectivity index (χ4n) is 4.39. The van der Waals surface area contributed by atoms with E-state index in [9.17, 15) is 4.79 Å². The number of fused-ring (bicyclic) bond motifs is 4. The Hall–Kier alpha value is -1.55. The number of aryl methyl sites for hydroxylation is 1. The Balaban J connectivity index is 1.56. The average molecular weight is 332 g/mol. The Morgan fingerprint density at radius 2 is 2.04 bits per heavy atom. The molecule has 1 heterocycles. The van der Waals surface area contributed by atoms with Crippen LogP contribution in [0.4, 0.5) is 0 Å². The Morgan fingerprint density at radius 3 is 2.74 bits per heavy atom. The Labute approximate surface area is 141 Å². The van der Waals surface area contributed by atoms with Crippen molar-refractivity contribution in [2.75, 3.05) is 6.54 Å². The molecule has 23 heavy (non-hydrogen) atoms. The maximum absolute atomic E-state index is 12.7. The molecule has 1 amide bonds. The van der Waals surface area contributed by atoms with Crippen molar-refractivity contribution in [3.05, 3.63) is 28.9 Å². The van der Waals surface area contributed by atoms with Gasteiger partial charge in [-0.2, -0.15) is 5.10 Å². The molecular weight excluding hydrogens is 310 g/mol. The highest BCUT2D eigenvalue weighted by atomic mass is 35.5. The highest BCUT2D eigenvalue weighted by molar-refractivity contribution is 6.36. The van der Waals surface area contributed by atoms with Crippen molar-refractivity contribution >= 4 is 28.4 Å². The zero-order valence-electron chi connectivity index (χ0n) is 13.4. The molecule has 3 aliphatic rings. The lowest BCUT2D eigenvalue weighted by Crippen LogP contribution is -2.43. The molecule has 2 aromatic rings. The van der Waals surface area contributed by atoms with E-state index in [4.69, 9.17) is 11.6 Å². The molecule has 1 aromatic carbocycles. The van der Waals surface area contributed by atoms with Crippen LogP contribution in [0.2, 0.25) is 5.02 Å². The number of amides is 1. The summed E-state index contributed by atoms with van der Waals surface area (Å²) in [5.41, 5.74) is 1.65. The minimum absolute atomic E-state index is 0.106. The molecule has 0 radical (unpaired) electrons. The number of halogens is 1. The average Bonchev–Trinajstić information content (AvgIpc) is 2.93. The van der Waals surface area contributed by atoms with Gasteiger partial charge in [0.1, 0.15) is 0 Å². The fourth-order valence-corrected chi connectivity index (χ4v) is 4.64. The zero-order chi connectivity index (χ0) is 16.0. The van der Waals surface area contributed by atoms with E-state index in [0.717, 1.165) is 23.4 Å². The van der Waals surface area contributed by atoms with Crippen LogP contribution in [0.5, 0.6) is 0 Å². The highest BCUT2D eigenvalue weighted by Gasteiger charge is 2.40. The number of hydrogen-bond acceptors (Lipinski definition) is 2. The van der Waals surface area contributed by atoms with Crippen LogP contribution in [-0.4, -0.2) is 22.2 Å². The Bertz CT molecular complexity index is 745. The lowest BCUT2D eigenvalue weighted by Gasteiger charge is -2.46. The summed E-state index contributed by atoms with van der Waals surface area (Å²) in [7, 11) is 1.84. The van der Waals surface area contributed by atoms with E-state index < -0.39 is 0 Å². The topological polar surface area (TPSA) is 46.9 Å². The first-order valence-corrected chi connectivity index (χ1v) is 8.85. The van der Waals surface area contributed by atoms with Gasteiger partial charge in [-0.25, -0.2) is 0 Å². The third-order valence-corrected chi connectivity index (χ3v) is 6.23. The van der Waals surface area contributed by atoms with Crippen molar-refractivity contribution in [3.63, 3.8) is 0 Å². The quantitative estimate of drug-likeness (QED) is 0.926. The fraction of sp³-hybridized carbons (Fsp3) is 0.556. The Morgan fingerprint density at radius 1 is 1.35 bits per heavy atom. The second-order valence-electron chi connectivity index (χ2n) is 7.27. The summed E-state index contributed by atoms with van der Waals surface area (Å²) in [6.07, 6.45) is 7.74. The van der Waals surface area contributed by atoms with Gasteiger partial charge in [0.25, 0.3) is 5.91 Å². The summed E-state index contributed by atoms with van der Waals surface area (Å²) in [5, 5.41) is 8.87. The number of nitrogens with one attached hydrogen (secondary N) is 1. The van der Waals surface area contributed by atoms with Gasteiger partial charge >= 0.3 is 0 Å². The molecule has 0 unspecified atom stereocenters. The van der Waals surface area contributed by atoms with Gasteiger partial charge in [-0.1, -0.05) is 17.7 Å². The van der Waals surface area contributed by atoms with Crippen molar-refractivity contribution in [2.45, 2.75) is 38.5 Å².